The quantitative estimate of drug-likeness (QED) is 0.357. The fourth-order valence-corrected chi connectivity index (χ4v) is 0.884. The molecule has 0 aromatic heterocycles. The highest BCUT2D eigenvalue weighted by molar-refractivity contribution is 6.32. The lowest BCUT2D eigenvalue weighted by molar-refractivity contribution is -0.154. The van der Waals surface area contributed by atoms with Gasteiger partial charge < -0.3 is 15.2 Å². The van der Waals surface area contributed by atoms with Crippen LogP contribution in [0.4, 0.5) is 0 Å². The van der Waals surface area contributed by atoms with Crippen LogP contribution in [-0.2, 0) is 14.3 Å². The third kappa shape index (κ3) is 6.42. The Balaban J connectivity index is 3.39. The first-order valence-electron chi connectivity index (χ1n) is 4.78. The zero-order valence-corrected chi connectivity index (χ0v) is 8.41. The van der Waals surface area contributed by atoms with Crippen molar-refractivity contribution in [2.75, 3.05) is 19.8 Å². The molecule has 0 aliphatic carbocycles. The van der Waals surface area contributed by atoms with E-state index < -0.39 is 11.9 Å². The number of nitrogens with one attached hydrogen (secondary N) is 1. The minimum absolute atomic E-state index is 0.159. The van der Waals surface area contributed by atoms with Gasteiger partial charge in [0.25, 0.3) is 0 Å². The molecule has 0 saturated carbocycles. The SMILES string of the molecule is CCOC(=O)C(=O)NCCCCCO. The van der Waals surface area contributed by atoms with Crippen LogP contribution in [-0.4, -0.2) is 36.7 Å². The van der Waals surface area contributed by atoms with E-state index in [1.54, 1.807) is 6.92 Å². The average Bonchev–Trinajstić information content (AvgIpc) is 2.17. The number of aliphatic hydroxyl groups excluding tert-OH is 1. The summed E-state index contributed by atoms with van der Waals surface area (Å²) in [7, 11) is 0. The van der Waals surface area contributed by atoms with Crippen LogP contribution in [0.15, 0.2) is 0 Å². The molecule has 0 aromatic carbocycles. The van der Waals surface area contributed by atoms with Gasteiger partial charge >= 0.3 is 11.9 Å². The van der Waals surface area contributed by atoms with Crippen LogP contribution in [0.2, 0.25) is 0 Å². The number of carbonyl (C=O) groups is 2. The van der Waals surface area contributed by atoms with Crippen LogP contribution >= 0.6 is 0 Å². The van der Waals surface area contributed by atoms with Crippen LogP contribution in [0.5, 0.6) is 0 Å². The molecule has 1 amide bonds. The predicted molar refractivity (Wildman–Crippen MR) is 50.6 cm³/mol. The lowest BCUT2D eigenvalue weighted by atomic mass is 10.2. The van der Waals surface area contributed by atoms with E-state index in [0.29, 0.717) is 6.54 Å². The molecule has 0 aliphatic heterocycles. The minimum Gasteiger partial charge on any atom is -0.459 e. The van der Waals surface area contributed by atoms with Gasteiger partial charge in [-0.25, -0.2) is 4.79 Å². The summed E-state index contributed by atoms with van der Waals surface area (Å²) < 4.78 is 4.49. The van der Waals surface area contributed by atoms with Gasteiger partial charge in [0, 0.05) is 13.2 Å². The van der Waals surface area contributed by atoms with Crippen molar-refractivity contribution in [1.82, 2.24) is 5.32 Å². The molecular weight excluding hydrogens is 186 g/mol. The van der Waals surface area contributed by atoms with E-state index in [9.17, 15) is 9.59 Å². The summed E-state index contributed by atoms with van der Waals surface area (Å²) in [6.45, 7) is 2.45. The van der Waals surface area contributed by atoms with Gasteiger partial charge in [0.15, 0.2) is 0 Å². The average molecular weight is 203 g/mol. The number of unbranched alkanes of at least 4 members (excludes halogenated alkanes) is 2. The second-order valence-electron chi connectivity index (χ2n) is 2.76. The Morgan fingerprint density at radius 3 is 2.57 bits per heavy atom. The van der Waals surface area contributed by atoms with Gasteiger partial charge in [-0.2, -0.15) is 0 Å². The Morgan fingerprint density at radius 2 is 2.00 bits per heavy atom. The first kappa shape index (κ1) is 12.9. The van der Waals surface area contributed by atoms with Crippen molar-refractivity contribution >= 4 is 11.9 Å². The summed E-state index contributed by atoms with van der Waals surface area (Å²) in [5.74, 6) is -1.54. The maximum absolute atomic E-state index is 10.9. The number of hydrogen-bond acceptors (Lipinski definition) is 4. The first-order valence-corrected chi connectivity index (χ1v) is 4.78. The summed E-state index contributed by atoms with van der Waals surface area (Å²) in [5, 5.41) is 10.9. The van der Waals surface area contributed by atoms with E-state index in [4.69, 9.17) is 5.11 Å². The molecule has 5 heteroatoms. The van der Waals surface area contributed by atoms with E-state index in [1.807, 2.05) is 0 Å². The summed E-state index contributed by atoms with van der Waals surface area (Å²) in [6.07, 6.45) is 2.31. The summed E-state index contributed by atoms with van der Waals surface area (Å²) in [6, 6.07) is 0. The smallest absolute Gasteiger partial charge is 0.396 e. The number of ether oxygens (including phenoxy) is 1. The van der Waals surface area contributed by atoms with E-state index in [-0.39, 0.29) is 13.2 Å². The molecule has 0 atom stereocenters. The molecule has 0 unspecified atom stereocenters. The highest BCUT2D eigenvalue weighted by atomic mass is 16.5. The lowest BCUT2D eigenvalue weighted by Crippen LogP contribution is -2.33. The molecule has 0 heterocycles. The van der Waals surface area contributed by atoms with Crippen LogP contribution in [0, 0.1) is 0 Å². The number of carbonyl (C=O) groups excluding carboxylic acids is 2. The highest BCUT2D eigenvalue weighted by Gasteiger charge is 2.12. The maximum atomic E-state index is 10.9. The summed E-state index contributed by atoms with van der Waals surface area (Å²) in [5.41, 5.74) is 0. The molecule has 0 fully saturated rings. The van der Waals surface area contributed by atoms with Gasteiger partial charge in [-0.05, 0) is 26.2 Å². The number of esters is 1. The lowest BCUT2D eigenvalue weighted by Gasteiger charge is -2.03. The monoisotopic (exact) mass is 203 g/mol. The Kier molecular flexibility index (Phi) is 7.83. The molecule has 82 valence electrons. The van der Waals surface area contributed by atoms with Crippen molar-refractivity contribution in [3.8, 4) is 0 Å². The zero-order chi connectivity index (χ0) is 10.8. The van der Waals surface area contributed by atoms with E-state index in [0.717, 1.165) is 19.3 Å². The number of hydrogen-bond donors (Lipinski definition) is 2. The fourth-order valence-electron chi connectivity index (χ4n) is 0.884. The predicted octanol–water partition coefficient (Wildman–Crippen LogP) is -0.172. The van der Waals surface area contributed by atoms with Crippen LogP contribution < -0.4 is 5.32 Å². The van der Waals surface area contributed by atoms with Gasteiger partial charge in [-0.15, -0.1) is 0 Å². The molecule has 5 nitrogen and oxygen atoms in total. The Morgan fingerprint density at radius 1 is 1.29 bits per heavy atom. The van der Waals surface area contributed by atoms with Gasteiger partial charge in [0.2, 0.25) is 0 Å². The van der Waals surface area contributed by atoms with E-state index >= 15 is 0 Å². The summed E-state index contributed by atoms with van der Waals surface area (Å²) in [4.78, 5) is 21.7. The molecule has 0 spiro atoms. The third-order valence-electron chi connectivity index (χ3n) is 1.58. The number of aliphatic hydroxyl groups is 1. The molecule has 0 aliphatic rings. The van der Waals surface area contributed by atoms with Gasteiger partial charge in [0.1, 0.15) is 0 Å². The van der Waals surface area contributed by atoms with Crippen molar-refractivity contribution < 1.29 is 19.4 Å². The first-order chi connectivity index (χ1) is 6.72. The standard InChI is InChI=1S/C9H17NO4/c1-2-14-9(13)8(12)10-6-4-3-5-7-11/h11H,2-7H2,1H3,(H,10,12). The van der Waals surface area contributed by atoms with Gasteiger partial charge in [-0.1, -0.05) is 0 Å². The van der Waals surface area contributed by atoms with E-state index in [1.165, 1.54) is 0 Å². The Hall–Kier alpha value is -1.10. The van der Waals surface area contributed by atoms with Crippen molar-refractivity contribution in [2.24, 2.45) is 0 Å². The second kappa shape index (κ2) is 8.50. The van der Waals surface area contributed by atoms with Gasteiger partial charge in [0.05, 0.1) is 6.61 Å². The topological polar surface area (TPSA) is 75.6 Å². The Bertz CT molecular complexity index is 182. The van der Waals surface area contributed by atoms with Crippen molar-refractivity contribution in [3.63, 3.8) is 0 Å². The third-order valence-corrected chi connectivity index (χ3v) is 1.58. The molecule has 0 saturated heterocycles. The van der Waals surface area contributed by atoms with Crippen molar-refractivity contribution in [3.05, 3.63) is 0 Å². The zero-order valence-electron chi connectivity index (χ0n) is 8.41. The Labute approximate surface area is 83.4 Å². The minimum atomic E-state index is -0.838. The van der Waals surface area contributed by atoms with E-state index in [2.05, 4.69) is 10.1 Å². The van der Waals surface area contributed by atoms with Crippen molar-refractivity contribution in [1.29, 1.82) is 0 Å². The normalized spacial score (nSPS) is 9.57. The molecule has 2 N–H and O–H groups in total. The molecule has 0 rings (SSSR count). The largest absolute Gasteiger partial charge is 0.459 e. The number of amides is 1. The van der Waals surface area contributed by atoms with Crippen LogP contribution in [0.3, 0.4) is 0 Å². The van der Waals surface area contributed by atoms with Gasteiger partial charge in [-0.3, -0.25) is 4.79 Å². The molecule has 0 aromatic rings. The maximum Gasteiger partial charge on any atom is 0.396 e. The van der Waals surface area contributed by atoms with Crippen molar-refractivity contribution in [2.45, 2.75) is 26.2 Å². The van der Waals surface area contributed by atoms with Crippen LogP contribution in [0.1, 0.15) is 26.2 Å². The molecule has 0 bridgehead atoms. The fraction of sp³-hybridized carbons (Fsp3) is 0.778. The molecule has 0 radical (unpaired) electrons. The molecular formula is C9H17NO4. The summed E-state index contributed by atoms with van der Waals surface area (Å²) >= 11 is 0. The molecule has 14 heavy (non-hydrogen) atoms. The highest BCUT2D eigenvalue weighted by Crippen LogP contribution is 1.91. The van der Waals surface area contributed by atoms with Crippen LogP contribution in [0.25, 0.3) is 0 Å². The number of rotatable bonds is 6. The second-order valence-corrected chi connectivity index (χ2v) is 2.76.